The Kier molecular flexibility index (Phi) is 5.73. The van der Waals surface area contributed by atoms with Crippen LogP contribution in [0.5, 0.6) is 0 Å². The second-order valence-corrected chi connectivity index (χ2v) is 7.75. The Hall–Kier alpha value is -3.64. The first-order chi connectivity index (χ1) is 15.0. The molecule has 1 fully saturated rings. The summed E-state index contributed by atoms with van der Waals surface area (Å²) in [6.45, 7) is 3.90. The first-order valence-corrected chi connectivity index (χ1v) is 10.2. The van der Waals surface area contributed by atoms with Crippen molar-refractivity contribution in [3.8, 4) is 0 Å². The van der Waals surface area contributed by atoms with E-state index in [1.165, 1.54) is 4.90 Å². The SMILES string of the molecule is C=CC1C=CC=CC1(O)N1CC(C(=O)Nc2ccc(Nc3ccccc3)cc2)CC1=O. The molecule has 31 heavy (non-hydrogen) atoms. The van der Waals surface area contributed by atoms with Crippen LogP contribution < -0.4 is 10.6 Å². The molecule has 2 amide bonds. The number of anilines is 3. The van der Waals surface area contributed by atoms with Crippen molar-refractivity contribution in [2.75, 3.05) is 17.2 Å². The zero-order valence-corrected chi connectivity index (χ0v) is 17.1. The van der Waals surface area contributed by atoms with Crippen LogP contribution in [0.15, 0.2) is 91.6 Å². The van der Waals surface area contributed by atoms with E-state index in [4.69, 9.17) is 0 Å². The van der Waals surface area contributed by atoms with Gasteiger partial charge in [0.1, 0.15) is 0 Å². The molecule has 0 bridgehead atoms. The van der Waals surface area contributed by atoms with Gasteiger partial charge in [0.2, 0.25) is 11.8 Å². The molecule has 0 spiro atoms. The summed E-state index contributed by atoms with van der Waals surface area (Å²) in [5.41, 5.74) is 1.04. The lowest BCUT2D eigenvalue weighted by Gasteiger charge is -2.40. The van der Waals surface area contributed by atoms with E-state index in [-0.39, 0.29) is 24.8 Å². The van der Waals surface area contributed by atoms with Crippen molar-refractivity contribution in [2.24, 2.45) is 11.8 Å². The minimum Gasteiger partial charge on any atom is -0.366 e. The second kappa shape index (κ2) is 8.62. The molecule has 1 saturated heterocycles. The summed E-state index contributed by atoms with van der Waals surface area (Å²) in [6.07, 6.45) is 8.54. The molecule has 3 atom stereocenters. The standard InChI is InChI=1S/C25H25N3O3/c1-2-19-8-6-7-15-25(19,31)28-17-18(16-23(28)29)24(30)27-22-13-11-21(12-14-22)26-20-9-4-3-5-10-20/h2-15,18-19,26,31H,1,16-17H2,(H,27,30). The van der Waals surface area contributed by atoms with Gasteiger partial charge in [0.15, 0.2) is 5.72 Å². The number of amides is 2. The molecule has 1 aliphatic carbocycles. The number of carbonyl (C=O) groups excluding carboxylic acids is 2. The third kappa shape index (κ3) is 4.29. The molecule has 1 heterocycles. The summed E-state index contributed by atoms with van der Waals surface area (Å²) < 4.78 is 0. The highest BCUT2D eigenvalue weighted by Crippen LogP contribution is 2.35. The summed E-state index contributed by atoms with van der Waals surface area (Å²) >= 11 is 0. The monoisotopic (exact) mass is 415 g/mol. The Balaban J connectivity index is 1.39. The molecule has 158 valence electrons. The van der Waals surface area contributed by atoms with Crippen molar-refractivity contribution in [3.05, 3.63) is 91.6 Å². The van der Waals surface area contributed by atoms with Gasteiger partial charge in [0.25, 0.3) is 0 Å². The number of carbonyl (C=O) groups is 2. The number of allylic oxidation sites excluding steroid dienone is 2. The van der Waals surface area contributed by atoms with Crippen molar-refractivity contribution < 1.29 is 14.7 Å². The third-order valence-corrected chi connectivity index (χ3v) is 5.66. The molecular formula is C25H25N3O3. The Morgan fingerprint density at radius 2 is 1.74 bits per heavy atom. The van der Waals surface area contributed by atoms with Crippen molar-refractivity contribution in [1.82, 2.24) is 4.90 Å². The maximum atomic E-state index is 12.8. The number of likely N-dealkylation sites (tertiary alicyclic amines) is 1. The lowest BCUT2D eigenvalue weighted by molar-refractivity contribution is -0.148. The van der Waals surface area contributed by atoms with Crippen molar-refractivity contribution in [1.29, 1.82) is 0 Å². The average molecular weight is 415 g/mol. The number of nitrogens with one attached hydrogen (secondary N) is 2. The Morgan fingerprint density at radius 1 is 1.06 bits per heavy atom. The number of nitrogens with zero attached hydrogens (tertiary/aromatic N) is 1. The normalized spacial score (nSPS) is 24.8. The molecule has 6 nitrogen and oxygen atoms in total. The van der Waals surface area contributed by atoms with Crippen molar-refractivity contribution in [3.63, 3.8) is 0 Å². The van der Waals surface area contributed by atoms with E-state index < -0.39 is 17.6 Å². The van der Waals surface area contributed by atoms with Crippen LogP contribution in [0.1, 0.15) is 6.42 Å². The molecule has 3 N–H and O–H groups in total. The quantitative estimate of drug-likeness (QED) is 0.627. The van der Waals surface area contributed by atoms with Crippen LogP contribution in [-0.4, -0.2) is 34.1 Å². The van der Waals surface area contributed by atoms with Gasteiger partial charge in [-0.1, -0.05) is 42.5 Å². The summed E-state index contributed by atoms with van der Waals surface area (Å²) in [5.74, 6) is -1.46. The summed E-state index contributed by atoms with van der Waals surface area (Å²) in [5, 5.41) is 17.3. The predicted octanol–water partition coefficient (Wildman–Crippen LogP) is 3.83. The van der Waals surface area contributed by atoms with Crippen LogP contribution in [-0.2, 0) is 9.59 Å². The predicted molar refractivity (Wildman–Crippen MR) is 122 cm³/mol. The van der Waals surface area contributed by atoms with E-state index in [1.807, 2.05) is 60.7 Å². The second-order valence-electron chi connectivity index (χ2n) is 7.75. The minimum atomic E-state index is -1.49. The maximum absolute atomic E-state index is 12.8. The van der Waals surface area contributed by atoms with Crippen molar-refractivity contribution >= 4 is 28.9 Å². The number of hydrogen-bond donors (Lipinski definition) is 3. The number of benzene rings is 2. The highest BCUT2D eigenvalue weighted by Gasteiger charge is 2.47. The highest BCUT2D eigenvalue weighted by atomic mass is 16.3. The summed E-state index contributed by atoms with van der Waals surface area (Å²) in [4.78, 5) is 26.8. The Bertz CT molecular complexity index is 1030. The largest absolute Gasteiger partial charge is 0.366 e. The number of hydrogen-bond acceptors (Lipinski definition) is 4. The van der Waals surface area contributed by atoms with Gasteiger partial charge >= 0.3 is 0 Å². The molecule has 1 aliphatic heterocycles. The Morgan fingerprint density at radius 3 is 2.45 bits per heavy atom. The minimum absolute atomic E-state index is 0.0587. The molecule has 3 unspecified atom stereocenters. The van der Waals surface area contributed by atoms with Gasteiger partial charge in [-0.3, -0.25) is 9.59 Å². The van der Waals surface area contributed by atoms with E-state index in [0.29, 0.717) is 5.69 Å². The van der Waals surface area contributed by atoms with Crippen LogP contribution in [0.4, 0.5) is 17.1 Å². The zero-order valence-electron chi connectivity index (χ0n) is 17.1. The van der Waals surface area contributed by atoms with Gasteiger partial charge in [0.05, 0.1) is 5.92 Å². The van der Waals surface area contributed by atoms with Crippen LogP contribution in [0.25, 0.3) is 0 Å². The lowest BCUT2D eigenvalue weighted by Crippen LogP contribution is -2.53. The Labute approximate surface area is 181 Å². The zero-order chi connectivity index (χ0) is 21.8. The van der Waals surface area contributed by atoms with E-state index in [0.717, 1.165) is 11.4 Å². The van der Waals surface area contributed by atoms with Crippen molar-refractivity contribution in [2.45, 2.75) is 12.1 Å². The molecule has 0 aromatic heterocycles. The van der Waals surface area contributed by atoms with E-state index in [9.17, 15) is 14.7 Å². The molecule has 4 rings (SSSR count). The van der Waals surface area contributed by atoms with Gasteiger partial charge in [-0.05, 0) is 42.5 Å². The molecular weight excluding hydrogens is 390 g/mol. The number of para-hydroxylation sites is 1. The van der Waals surface area contributed by atoms with E-state index in [2.05, 4.69) is 17.2 Å². The van der Waals surface area contributed by atoms with Crippen LogP contribution >= 0.6 is 0 Å². The smallest absolute Gasteiger partial charge is 0.229 e. The molecule has 6 heteroatoms. The van der Waals surface area contributed by atoms with E-state index >= 15 is 0 Å². The fraction of sp³-hybridized carbons (Fsp3) is 0.200. The fourth-order valence-electron chi connectivity index (χ4n) is 3.95. The molecule has 0 saturated carbocycles. The molecule has 2 aliphatic rings. The number of aliphatic hydroxyl groups is 1. The molecule has 0 radical (unpaired) electrons. The fourth-order valence-corrected chi connectivity index (χ4v) is 3.95. The topological polar surface area (TPSA) is 81.7 Å². The molecule has 2 aromatic carbocycles. The summed E-state index contributed by atoms with van der Waals surface area (Å²) in [6, 6.07) is 17.2. The number of rotatable bonds is 6. The average Bonchev–Trinajstić information content (AvgIpc) is 3.19. The van der Waals surface area contributed by atoms with Gasteiger partial charge in [-0.25, -0.2) is 0 Å². The first kappa shape index (κ1) is 20.6. The van der Waals surface area contributed by atoms with Crippen LogP contribution in [0.2, 0.25) is 0 Å². The lowest BCUT2D eigenvalue weighted by atomic mass is 9.90. The van der Waals surface area contributed by atoms with E-state index in [1.54, 1.807) is 24.3 Å². The van der Waals surface area contributed by atoms with Gasteiger partial charge < -0.3 is 20.6 Å². The first-order valence-electron chi connectivity index (χ1n) is 10.2. The summed E-state index contributed by atoms with van der Waals surface area (Å²) in [7, 11) is 0. The molecule has 2 aromatic rings. The highest BCUT2D eigenvalue weighted by molar-refractivity contribution is 5.97. The maximum Gasteiger partial charge on any atom is 0.229 e. The van der Waals surface area contributed by atoms with Crippen LogP contribution in [0.3, 0.4) is 0 Å². The van der Waals surface area contributed by atoms with Gasteiger partial charge in [0, 0.05) is 35.9 Å². The van der Waals surface area contributed by atoms with Gasteiger partial charge in [-0.2, -0.15) is 0 Å². The van der Waals surface area contributed by atoms with Gasteiger partial charge in [-0.15, -0.1) is 6.58 Å². The third-order valence-electron chi connectivity index (χ3n) is 5.66. The van der Waals surface area contributed by atoms with Crippen LogP contribution in [0, 0.1) is 11.8 Å².